The number of hydrogen-bond donors (Lipinski definition) is 1. The highest BCUT2D eigenvalue weighted by Gasteiger charge is 2.43. The Kier molecular flexibility index (Phi) is 4.66. The summed E-state index contributed by atoms with van der Waals surface area (Å²) in [5.74, 6) is 0.158. The van der Waals surface area contributed by atoms with Gasteiger partial charge in [0.1, 0.15) is 11.6 Å². The lowest BCUT2D eigenvalue weighted by Gasteiger charge is -2.07. The fraction of sp³-hybridized carbons (Fsp3) is 0.278. The van der Waals surface area contributed by atoms with Crippen molar-refractivity contribution in [3.05, 3.63) is 53.8 Å². The SMILES string of the molecule is COc1ccc([C@@H]2C[C@H]2C(=O)Nc2ccc([S@](C)=O)c(F)c2)cc1. The first kappa shape index (κ1) is 16.6. The molecule has 3 rings (SSSR count). The van der Waals surface area contributed by atoms with Crippen molar-refractivity contribution in [2.45, 2.75) is 17.2 Å². The van der Waals surface area contributed by atoms with Gasteiger partial charge in [-0.1, -0.05) is 12.1 Å². The van der Waals surface area contributed by atoms with Gasteiger partial charge in [0.05, 0.1) is 22.8 Å². The summed E-state index contributed by atoms with van der Waals surface area (Å²) in [6.07, 6.45) is 2.19. The van der Waals surface area contributed by atoms with Crippen LogP contribution in [0.3, 0.4) is 0 Å². The molecular formula is C18H18FNO3S. The Labute approximate surface area is 142 Å². The van der Waals surface area contributed by atoms with Gasteiger partial charge in [0.15, 0.2) is 0 Å². The Morgan fingerprint density at radius 3 is 2.54 bits per heavy atom. The predicted molar refractivity (Wildman–Crippen MR) is 91.2 cm³/mol. The maximum absolute atomic E-state index is 13.8. The number of carbonyl (C=O) groups is 1. The number of hydrogen-bond acceptors (Lipinski definition) is 3. The van der Waals surface area contributed by atoms with Gasteiger partial charge < -0.3 is 10.1 Å². The third kappa shape index (κ3) is 3.48. The summed E-state index contributed by atoms with van der Waals surface area (Å²) in [7, 11) is 0.223. The molecule has 1 amide bonds. The Bertz CT molecular complexity index is 791. The molecule has 2 aromatic rings. The molecule has 6 heteroatoms. The average molecular weight is 347 g/mol. The Morgan fingerprint density at radius 2 is 1.96 bits per heavy atom. The molecular weight excluding hydrogens is 329 g/mol. The van der Waals surface area contributed by atoms with E-state index in [0.29, 0.717) is 5.69 Å². The number of benzene rings is 2. The van der Waals surface area contributed by atoms with Gasteiger partial charge in [0.25, 0.3) is 0 Å². The van der Waals surface area contributed by atoms with Crippen LogP contribution < -0.4 is 10.1 Å². The lowest BCUT2D eigenvalue weighted by molar-refractivity contribution is -0.117. The van der Waals surface area contributed by atoms with Crippen LogP contribution in [-0.2, 0) is 15.6 Å². The molecule has 2 aromatic carbocycles. The first-order valence-corrected chi connectivity index (χ1v) is 9.13. The van der Waals surface area contributed by atoms with Gasteiger partial charge in [-0.15, -0.1) is 0 Å². The topological polar surface area (TPSA) is 55.4 Å². The van der Waals surface area contributed by atoms with Crippen molar-refractivity contribution in [3.63, 3.8) is 0 Å². The number of anilines is 1. The Balaban J connectivity index is 1.64. The van der Waals surface area contributed by atoms with Gasteiger partial charge in [-0.2, -0.15) is 0 Å². The molecule has 0 unspecified atom stereocenters. The van der Waals surface area contributed by atoms with Crippen molar-refractivity contribution in [1.82, 2.24) is 0 Å². The molecule has 0 heterocycles. The van der Waals surface area contributed by atoms with Crippen LogP contribution in [0.5, 0.6) is 5.75 Å². The Morgan fingerprint density at radius 1 is 1.25 bits per heavy atom. The quantitative estimate of drug-likeness (QED) is 0.903. The van der Waals surface area contributed by atoms with Crippen LogP contribution in [0.4, 0.5) is 10.1 Å². The first-order chi connectivity index (χ1) is 11.5. The van der Waals surface area contributed by atoms with Crippen molar-refractivity contribution in [2.75, 3.05) is 18.7 Å². The van der Waals surface area contributed by atoms with Gasteiger partial charge in [-0.25, -0.2) is 4.39 Å². The third-order valence-corrected chi connectivity index (χ3v) is 5.13. The predicted octanol–water partition coefficient (Wildman–Crippen LogP) is 3.31. The fourth-order valence-electron chi connectivity index (χ4n) is 2.75. The maximum Gasteiger partial charge on any atom is 0.228 e. The summed E-state index contributed by atoms with van der Waals surface area (Å²) >= 11 is 0. The molecule has 0 aromatic heterocycles. The largest absolute Gasteiger partial charge is 0.497 e. The van der Waals surface area contributed by atoms with Crippen molar-refractivity contribution < 1.29 is 18.1 Å². The van der Waals surface area contributed by atoms with Crippen LogP contribution >= 0.6 is 0 Å². The van der Waals surface area contributed by atoms with Crippen LogP contribution in [0, 0.1) is 11.7 Å². The lowest BCUT2D eigenvalue weighted by atomic mass is 10.1. The van der Waals surface area contributed by atoms with E-state index in [1.165, 1.54) is 18.4 Å². The van der Waals surface area contributed by atoms with E-state index in [1.807, 2.05) is 24.3 Å². The molecule has 1 N–H and O–H groups in total. The van der Waals surface area contributed by atoms with E-state index in [1.54, 1.807) is 13.2 Å². The average Bonchev–Trinajstić information content (AvgIpc) is 3.35. The highest BCUT2D eigenvalue weighted by atomic mass is 32.2. The van der Waals surface area contributed by atoms with Crippen LogP contribution in [-0.4, -0.2) is 23.5 Å². The molecule has 0 bridgehead atoms. The van der Waals surface area contributed by atoms with E-state index in [2.05, 4.69) is 5.32 Å². The number of rotatable bonds is 5. The molecule has 126 valence electrons. The first-order valence-electron chi connectivity index (χ1n) is 7.57. The van der Waals surface area contributed by atoms with Gasteiger partial charge in [-0.3, -0.25) is 9.00 Å². The number of methoxy groups -OCH3 is 1. The summed E-state index contributed by atoms with van der Waals surface area (Å²) in [4.78, 5) is 12.4. The van der Waals surface area contributed by atoms with E-state index in [4.69, 9.17) is 4.74 Å². The van der Waals surface area contributed by atoms with Gasteiger partial charge >= 0.3 is 0 Å². The molecule has 24 heavy (non-hydrogen) atoms. The van der Waals surface area contributed by atoms with Crippen LogP contribution in [0.2, 0.25) is 0 Å². The smallest absolute Gasteiger partial charge is 0.228 e. The second kappa shape index (κ2) is 6.73. The summed E-state index contributed by atoms with van der Waals surface area (Å²) in [5.41, 5.74) is 1.48. The van der Waals surface area contributed by atoms with E-state index in [-0.39, 0.29) is 22.6 Å². The normalized spacial score (nSPS) is 20.3. The van der Waals surface area contributed by atoms with E-state index in [9.17, 15) is 13.4 Å². The highest BCUT2D eigenvalue weighted by Crippen LogP contribution is 2.48. The summed E-state index contributed by atoms with van der Waals surface area (Å²) in [6.45, 7) is 0. The minimum Gasteiger partial charge on any atom is -0.497 e. The number of amides is 1. The summed E-state index contributed by atoms with van der Waals surface area (Å²) in [5, 5.41) is 2.73. The monoisotopic (exact) mass is 347 g/mol. The van der Waals surface area contributed by atoms with Crippen LogP contribution in [0.1, 0.15) is 17.9 Å². The van der Waals surface area contributed by atoms with Crippen LogP contribution in [0.15, 0.2) is 47.4 Å². The zero-order chi connectivity index (χ0) is 17.3. The minimum absolute atomic E-state index is 0.110. The van der Waals surface area contributed by atoms with Gasteiger partial charge in [-0.05, 0) is 48.2 Å². The molecule has 1 aliphatic rings. The number of nitrogens with one attached hydrogen (secondary N) is 1. The second-order valence-corrected chi connectivity index (χ2v) is 7.16. The molecule has 0 spiro atoms. The zero-order valence-electron chi connectivity index (χ0n) is 13.4. The molecule has 4 nitrogen and oxygen atoms in total. The molecule has 0 aliphatic heterocycles. The minimum atomic E-state index is -1.39. The molecule has 1 saturated carbocycles. The van der Waals surface area contributed by atoms with Crippen molar-refractivity contribution in [1.29, 1.82) is 0 Å². The highest BCUT2D eigenvalue weighted by molar-refractivity contribution is 7.84. The molecule has 0 saturated heterocycles. The molecule has 3 atom stereocenters. The zero-order valence-corrected chi connectivity index (χ0v) is 14.2. The maximum atomic E-state index is 13.8. The second-order valence-electron chi connectivity index (χ2n) is 5.81. The third-order valence-electron chi connectivity index (χ3n) is 4.18. The van der Waals surface area contributed by atoms with Crippen molar-refractivity contribution >= 4 is 22.4 Å². The van der Waals surface area contributed by atoms with Crippen molar-refractivity contribution in [3.8, 4) is 5.75 Å². The number of carbonyl (C=O) groups excluding carboxylic acids is 1. The molecule has 1 aliphatic carbocycles. The summed E-state index contributed by atoms with van der Waals surface area (Å²) < 4.78 is 30.3. The van der Waals surface area contributed by atoms with Crippen molar-refractivity contribution in [2.24, 2.45) is 5.92 Å². The van der Waals surface area contributed by atoms with Gasteiger partial charge in [0.2, 0.25) is 5.91 Å². The Hall–Kier alpha value is -2.21. The van der Waals surface area contributed by atoms with Crippen LogP contribution in [0.25, 0.3) is 0 Å². The molecule has 0 radical (unpaired) electrons. The number of halogens is 1. The van der Waals surface area contributed by atoms with E-state index in [0.717, 1.165) is 17.7 Å². The standard InChI is InChI=1S/C18H18FNO3S/c1-23-13-6-3-11(4-7-13)14-10-15(14)18(21)20-12-5-8-17(24(2)22)16(19)9-12/h3-9,14-15H,10H2,1-2H3,(H,20,21)/t14-,15+,24-/m0/s1. The van der Waals surface area contributed by atoms with Gasteiger partial charge in [0, 0.05) is 17.9 Å². The van der Waals surface area contributed by atoms with E-state index < -0.39 is 16.6 Å². The molecule has 1 fully saturated rings. The summed E-state index contributed by atoms with van der Waals surface area (Å²) in [6, 6.07) is 11.9. The number of ether oxygens (including phenoxy) is 1. The fourth-order valence-corrected chi connectivity index (χ4v) is 3.34. The van der Waals surface area contributed by atoms with E-state index >= 15 is 0 Å². The lowest BCUT2D eigenvalue weighted by Crippen LogP contribution is -2.14.